The lowest BCUT2D eigenvalue weighted by molar-refractivity contribution is 0.445. The molecule has 5 nitrogen and oxygen atoms in total. The number of hydrogen-bond acceptors (Lipinski definition) is 5. The molecule has 1 N–H and O–H groups in total. The Hall–Kier alpha value is -2.43. The quantitative estimate of drug-likeness (QED) is 0.659. The monoisotopic (exact) mass is 364 g/mol. The number of nitrogens with one attached hydrogen (secondary N) is 1. The van der Waals surface area contributed by atoms with Crippen molar-refractivity contribution in [3.05, 3.63) is 46.9 Å². The first kappa shape index (κ1) is 18.0. The maximum atomic E-state index is 5.42. The van der Waals surface area contributed by atoms with E-state index >= 15 is 0 Å². The lowest BCUT2D eigenvalue weighted by Crippen LogP contribution is -2.36. The van der Waals surface area contributed by atoms with E-state index in [0.717, 1.165) is 24.2 Å². The summed E-state index contributed by atoms with van der Waals surface area (Å²) in [5.74, 6) is 1.36. The molecule has 1 fully saturated rings. The van der Waals surface area contributed by atoms with Gasteiger partial charge in [0.2, 0.25) is 5.58 Å². The molecule has 1 aromatic carbocycles. The van der Waals surface area contributed by atoms with Gasteiger partial charge in [0.15, 0.2) is 11.3 Å². The van der Waals surface area contributed by atoms with Crippen LogP contribution in [0.15, 0.2) is 29.2 Å². The number of hydrogen-bond donors (Lipinski definition) is 1. The fourth-order valence-electron chi connectivity index (χ4n) is 5.08. The van der Waals surface area contributed by atoms with Crippen LogP contribution in [0.25, 0.3) is 11.1 Å². The maximum Gasteiger partial charge on any atom is 0.205 e. The minimum Gasteiger partial charge on any atom is -0.362 e. The van der Waals surface area contributed by atoms with Gasteiger partial charge in [0, 0.05) is 11.5 Å². The molecule has 0 bridgehead atoms. The van der Waals surface area contributed by atoms with Crippen molar-refractivity contribution in [1.29, 1.82) is 0 Å². The second-order valence-electron chi connectivity index (χ2n) is 8.17. The lowest BCUT2D eigenvalue weighted by atomic mass is 9.78. The van der Waals surface area contributed by atoms with Gasteiger partial charge in [-0.05, 0) is 56.2 Å². The summed E-state index contributed by atoms with van der Waals surface area (Å²) in [5.41, 5.74) is 7.14. The summed E-state index contributed by atoms with van der Waals surface area (Å²) >= 11 is 0. The SMILES string of the molecule is CCCC(Nc1noc2cncnc12)C1(c2c(C)cc(C)cc2C)CC1C. The van der Waals surface area contributed by atoms with Crippen molar-refractivity contribution in [2.24, 2.45) is 5.92 Å². The van der Waals surface area contributed by atoms with Crippen LogP contribution >= 0.6 is 0 Å². The van der Waals surface area contributed by atoms with E-state index in [1.54, 1.807) is 12.5 Å². The molecule has 3 aromatic rings. The Balaban J connectivity index is 1.77. The molecule has 2 aromatic heterocycles. The summed E-state index contributed by atoms with van der Waals surface area (Å²) in [7, 11) is 0. The molecule has 0 amide bonds. The van der Waals surface area contributed by atoms with Gasteiger partial charge >= 0.3 is 0 Å². The highest BCUT2D eigenvalue weighted by Crippen LogP contribution is 2.59. The van der Waals surface area contributed by atoms with E-state index in [0.29, 0.717) is 17.5 Å². The van der Waals surface area contributed by atoms with Gasteiger partial charge in [-0.25, -0.2) is 9.97 Å². The number of benzene rings is 1. The smallest absolute Gasteiger partial charge is 0.205 e. The Morgan fingerprint density at radius 3 is 2.59 bits per heavy atom. The molecule has 3 atom stereocenters. The van der Waals surface area contributed by atoms with Crippen LogP contribution in [0.3, 0.4) is 0 Å². The summed E-state index contributed by atoms with van der Waals surface area (Å²) in [5, 5.41) is 7.96. The summed E-state index contributed by atoms with van der Waals surface area (Å²) in [6.07, 6.45) is 6.60. The minimum atomic E-state index is 0.135. The molecule has 3 unspecified atom stereocenters. The van der Waals surface area contributed by atoms with Crippen molar-refractivity contribution < 1.29 is 4.52 Å². The number of nitrogens with zero attached hydrogens (tertiary/aromatic N) is 3. The average Bonchev–Trinajstić information content (AvgIpc) is 3.11. The summed E-state index contributed by atoms with van der Waals surface area (Å²) < 4.78 is 5.42. The molecule has 0 saturated heterocycles. The summed E-state index contributed by atoms with van der Waals surface area (Å²) in [6, 6.07) is 4.93. The van der Waals surface area contributed by atoms with Crippen LogP contribution in [0.4, 0.5) is 5.82 Å². The highest BCUT2D eigenvalue weighted by Gasteiger charge is 2.58. The standard InChI is InChI=1S/C22H28N4O/c1-6-7-18(25-21-20-17(27-26-21)11-23-12-24-20)22(10-16(22)5)19-14(3)8-13(2)9-15(19)4/h8-9,11-12,16,18H,6-7,10H2,1-5H3,(H,25,26). The number of anilines is 1. The predicted octanol–water partition coefficient (Wildman–Crippen LogP) is 5.10. The van der Waals surface area contributed by atoms with Gasteiger partial charge in [-0.3, -0.25) is 0 Å². The van der Waals surface area contributed by atoms with Crippen LogP contribution in [0, 0.1) is 26.7 Å². The molecule has 2 heterocycles. The highest BCUT2D eigenvalue weighted by atomic mass is 16.5. The zero-order valence-corrected chi connectivity index (χ0v) is 16.8. The van der Waals surface area contributed by atoms with E-state index in [9.17, 15) is 0 Å². The van der Waals surface area contributed by atoms with Crippen molar-refractivity contribution in [3.63, 3.8) is 0 Å². The maximum absolute atomic E-state index is 5.42. The molecule has 0 radical (unpaired) electrons. The molecular weight excluding hydrogens is 336 g/mol. The van der Waals surface area contributed by atoms with Crippen LogP contribution in [0.5, 0.6) is 0 Å². The van der Waals surface area contributed by atoms with E-state index < -0.39 is 0 Å². The van der Waals surface area contributed by atoms with Crippen molar-refractivity contribution in [1.82, 2.24) is 15.1 Å². The Labute approximate surface area is 160 Å². The molecule has 0 aliphatic heterocycles. The van der Waals surface area contributed by atoms with Crippen molar-refractivity contribution in [2.75, 3.05) is 5.32 Å². The van der Waals surface area contributed by atoms with Crippen LogP contribution in [-0.4, -0.2) is 21.2 Å². The Morgan fingerprint density at radius 2 is 1.96 bits per heavy atom. The van der Waals surface area contributed by atoms with Crippen LogP contribution < -0.4 is 5.32 Å². The predicted molar refractivity (Wildman–Crippen MR) is 108 cm³/mol. The number of fused-ring (bicyclic) bond motifs is 1. The zero-order chi connectivity index (χ0) is 19.2. The van der Waals surface area contributed by atoms with Crippen LogP contribution in [0.1, 0.15) is 55.4 Å². The number of aryl methyl sites for hydroxylation is 3. The Kier molecular flexibility index (Phi) is 4.41. The van der Waals surface area contributed by atoms with E-state index in [-0.39, 0.29) is 5.41 Å². The largest absolute Gasteiger partial charge is 0.362 e. The fourth-order valence-corrected chi connectivity index (χ4v) is 5.08. The third kappa shape index (κ3) is 2.89. The van der Waals surface area contributed by atoms with Crippen molar-refractivity contribution in [2.45, 2.75) is 65.3 Å². The Bertz CT molecular complexity index is 956. The van der Waals surface area contributed by atoms with E-state index in [1.165, 1.54) is 28.7 Å². The first-order valence-electron chi connectivity index (χ1n) is 9.87. The van der Waals surface area contributed by atoms with Gasteiger partial charge < -0.3 is 9.84 Å². The normalized spacial score (nSPS) is 22.8. The first-order valence-corrected chi connectivity index (χ1v) is 9.87. The topological polar surface area (TPSA) is 63.8 Å². The number of rotatable bonds is 6. The van der Waals surface area contributed by atoms with E-state index in [1.807, 2.05) is 0 Å². The summed E-state index contributed by atoms with van der Waals surface area (Å²) in [6.45, 7) is 11.3. The highest BCUT2D eigenvalue weighted by molar-refractivity contribution is 5.83. The molecule has 27 heavy (non-hydrogen) atoms. The second kappa shape index (κ2) is 6.63. The molecular formula is C22H28N4O. The molecule has 142 valence electrons. The van der Waals surface area contributed by atoms with Crippen molar-refractivity contribution >= 4 is 16.9 Å². The summed E-state index contributed by atoms with van der Waals surface area (Å²) in [4.78, 5) is 8.39. The van der Waals surface area contributed by atoms with Gasteiger partial charge in [0.1, 0.15) is 6.33 Å². The molecule has 1 aliphatic carbocycles. The molecule has 1 aliphatic rings. The molecule has 4 rings (SSSR count). The lowest BCUT2D eigenvalue weighted by Gasteiger charge is -2.32. The van der Waals surface area contributed by atoms with Gasteiger partial charge in [-0.15, -0.1) is 0 Å². The second-order valence-corrected chi connectivity index (χ2v) is 8.17. The van der Waals surface area contributed by atoms with Gasteiger partial charge in [0.25, 0.3) is 0 Å². The van der Waals surface area contributed by atoms with Crippen molar-refractivity contribution in [3.8, 4) is 0 Å². The molecule has 1 saturated carbocycles. The van der Waals surface area contributed by atoms with E-state index in [4.69, 9.17) is 4.52 Å². The molecule has 5 heteroatoms. The third-order valence-electron chi connectivity index (χ3n) is 6.15. The van der Waals surface area contributed by atoms with E-state index in [2.05, 4.69) is 67.2 Å². The molecule has 0 spiro atoms. The van der Waals surface area contributed by atoms with Crippen LogP contribution in [-0.2, 0) is 5.41 Å². The first-order chi connectivity index (χ1) is 13.0. The van der Waals surface area contributed by atoms with Gasteiger partial charge in [0.05, 0.1) is 6.20 Å². The average molecular weight is 364 g/mol. The Morgan fingerprint density at radius 1 is 1.26 bits per heavy atom. The van der Waals surface area contributed by atoms with Gasteiger partial charge in [-0.2, -0.15) is 0 Å². The third-order valence-corrected chi connectivity index (χ3v) is 6.15. The minimum absolute atomic E-state index is 0.135. The van der Waals surface area contributed by atoms with Crippen LogP contribution in [0.2, 0.25) is 0 Å². The number of aromatic nitrogens is 3. The van der Waals surface area contributed by atoms with Gasteiger partial charge in [-0.1, -0.05) is 43.1 Å². The fraction of sp³-hybridized carbons (Fsp3) is 0.500. The zero-order valence-electron chi connectivity index (χ0n) is 16.8.